The third-order valence-corrected chi connectivity index (χ3v) is 8.12. The number of sulfonamides is 1. The van der Waals surface area contributed by atoms with Gasteiger partial charge in [0.1, 0.15) is 5.82 Å². The average Bonchev–Trinajstić information content (AvgIpc) is 3.28. The first kappa shape index (κ1) is 19.5. The Morgan fingerprint density at radius 1 is 1.18 bits per heavy atom. The molecule has 0 spiro atoms. The normalized spacial score (nSPS) is 16.1. The summed E-state index contributed by atoms with van der Waals surface area (Å²) in [7, 11) is -1.48. The van der Waals surface area contributed by atoms with Crippen LogP contribution in [0.3, 0.4) is 0 Å². The molecule has 28 heavy (non-hydrogen) atoms. The van der Waals surface area contributed by atoms with E-state index in [-0.39, 0.29) is 0 Å². The Labute approximate surface area is 169 Å². The summed E-state index contributed by atoms with van der Waals surface area (Å²) in [6.07, 6.45) is 6.66. The van der Waals surface area contributed by atoms with Crippen molar-refractivity contribution in [1.29, 1.82) is 0 Å². The zero-order valence-corrected chi connectivity index (χ0v) is 17.8. The van der Waals surface area contributed by atoms with Crippen LogP contribution in [0.1, 0.15) is 32.0 Å². The van der Waals surface area contributed by atoms with Crippen molar-refractivity contribution in [1.82, 2.24) is 23.4 Å². The lowest BCUT2D eigenvalue weighted by atomic mass is 10.2. The van der Waals surface area contributed by atoms with Gasteiger partial charge in [0, 0.05) is 39.1 Å². The van der Waals surface area contributed by atoms with Crippen LogP contribution in [0.25, 0.3) is 11.0 Å². The molecule has 1 aliphatic heterocycles. The molecule has 0 amide bonds. The number of hydrogen-bond donors (Lipinski definition) is 0. The first-order valence-electron chi connectivity index (χ1n) is 9.60. The van der Waals surface area contributed by atoms with E-state index in [1.165, 1.54) is 0 Å². The number of rotatable bonds is 6. The highest BCUT2D eigenvalue weighted by Crippen LogP contribution is 2.27. The summed E-state index contributed by atoms with van der Waals surface area (Å²) >= 11 is 1.63. The Morgan fingerprint density at radius 3 is 2.64 bits per heavy atom. The average molecular weight is 420 g/mol. The van der Waals surface area contributed by atoms with Crippen LogP contribution in [0.5, 0.6) is 0 Å². The number of piperidine rings is 1. The van der Waals surface area contributed by atoms with Gasteiger partial charge in [-0.25, -0.2) is 18.4 Å². The lowest BCUT2D eigenvalue weighted by molar-refractivity contribution is 0.346. The van der Waals surface area contributed by atoms with Crippen molar-refractivity contribution in [2.45, 2.75) is 48.5 Å². The van der Waals surface area contributed by atoms with E-state index >= 15 is 0 Å². The molecule has 0 bridgehead atoms. The minimum atomic E-state index is -3.45. The Kier molecular flexibility index (Phi) is 5.48. The summed E-state index contributed by atoms with van der Waals surface area (Å²) in [5.74, 6) is 1.61. The molecule has 3 aromatic rings. The molecule has 1 fully saturated rings. The molecule has 0 atom stereocenters. The van der Waals surface area contributed by atoms with Gasteiger partial charge in [-0.05, 0) is 38.0 Å². The molecule has 9 heteroatoms. The van der Waals surface area contributed by atoms with Gasteiger partial charge in [-0.1, -0.05) is 18.2 Å². The zero-order chi connectivity index (χ0) is 19.7. The van der Waals surface area contributed by atoms with E-state index in [4.69, 9.17) is 4.98 Å². The monoisotopic (exact) mass is 419 g/mol. The molecule has 0 N–H and O–H groups in total. The van der Waals surface area contributed by atoms with Gasteiger partial charge in [-0.3, -0.25) is 0 Å². The number of aromatic nitrogens is 4. The fourth-order valence-electron chi connectivity index (χ4n) is 3.66. The van der Waals surface area contributed by atoms with Gasteiger partial charge in [0.15, 0.2) is 5.16 Å². The molecule has 1 aromatic carbocycles. The first-order valence-corrected chi connectivity index (χ1v) is 12.0. The quantitative estimate of drug-likeness (QED) is 0.574. The highest BCUT2D eigenvalue weighted by molar-refractivity contribution is 7.98. The number of benzene rings is 1. The van der Waals surface area contributed by atoms with Gasteiger partial charge in [-0.2, -0.15) is 4.31 Å². The van der Waals surface area contributed by atoms with Crippen molar-refractivity contribution in [3.8, 4) is 0 Å². The molecule has 2 aromatic heterocycles. The van der Waals surface area contributed by atoms with Crippen molar-refractivity contribution < 1.29 is 8.42 Å². The van der Waals surface area contributed by atoms with Gasteiger partial charge in [-0.15, -0.1) is 0 Å². The van der Waals surface area contributed by atoms with Crippen LogP contribution < -0.4 is 0 Å². The molecule has 7 nitrogen and oxygen atoms in total. The number of imidazole rings is 2. The van der Waals surface area contributed by atoms with Crippen LogP contribution in [0.4, 0.5) is 0 Å². The molecule has 0 saturated carbocycles. The van der Waals surface area contributed by atoms with E-state index in [0.717, 1.165) is 47.8 Å². The third kappa shape index (κ3) is 3.58. The summed E-state index contributed by atoms with van der Waals surface area (Å²) in [5.41, 5.74) is 1.70. The number of nitrogens with zero attached hydrogens (tertiary/aromatic N) is 5. The van der Waals surface area contributed by atoms with Crippen molar-refractivity contribution in [3.63, 3.8) is 0 Å². The lowest BCUT2D eigenvalue weighted by Gasteiger charge is -2.25. The van der Waals surface area contributed by atoms with Crippen LogP contribution in [0.15, 0.2) is 40.6 Å². The van der Waals surface area contributed by atoms with Crippen LogP contribution in [0, 0.1) is 0 Å². The molecular weight excluding hydrogens is 394 g/mol. The summed E-state index contributed by atoms with van der Waals surface area (Å²) in [4.78, 5) is 9.44. The van der Waals surface area contributed by atoms with E-state index in [2.05, 4.69) is 16.5 Å². The van der Waals surface area contributed by atoms with Gasteiger partial charge in [0.25, 0.3) is 0 Å². The maximum absolute atomic E-state index is 13.0. The van der Waals surface area contributed by atoms with E-state index in [9.17, 15) is 8.42 Å². The predicted molar refractivity (Wildman–Crippen MR) is 111 cm³/mol. The maximum atomic E-state index is 13.0. The number of thioether (sulfide) groups is 1. The van der Waals surface area contributed by atoms with Crippen molar-refractivity contribution in [2.24, 2.45) is 7.05 Å². The highest BCUT2D eigenvalue weighted by Gasteiger charge is 2.26. The van der Waals surface area contributed by atoms with E-state index in [0.29, 0.717) is 23.7 Å². The third-order valence-electron chi connectivity index (χ3n) is 5.18. The molecule has 1 saturated heterocycles. The number of fused-ring (bicyclic) bond motifs is 1. The fourth-order valence-corrected chi connectivity index (χ4v) is 6.07. The predicted octanol–water partition coefficient (Wildman–Crippen LogP) is 3.26. The Bertz CT molecular complexity index is 1080. The summed E-state index contributed by atoms with van der Waals surface area (Å²) in [6.45, 7) is 4.07. The Hall–Kier alpha value is -1.84. The topological polar surface area (TPSA) is 73.0 Å². The molecule has 3 heterocycles. The second kappa shape index (κ2) is 7.88. The molecular formula is C19H25N5O2S2. The molecule has 0 unspecified atom stereocenters. The lowest BCUT2D eigenvalue weighted by Crippen LogP contribution is -2.35. The van der Waals surface area contributed by atoms with Gasteiger partial charge in [0.2, 0.25) is 10.0 Å². The number of aryl methyl sites for hydroxylation is 2. The summed E-state index contributed by atoms with van der Waals surface area (Å²) in [5, 5.41) is 0.933. The molecule has 1 aliphatic rings. The Balaban J connectivity index is 1.65. The van der Waals surface area contributed by atoms with Crippen molar-refractivity contribution in [2.75, 3.05) is 13.1 Å². The van der Waals surface area contributed by atoms with Crippen LogP contribution in [-0.2, 0) is 29.4 Å². The van der Waals surface area contributed by atoms with Gasteiger partial charge in [0.05, 0.1) is 21.7 Å². The van der Waals surface area contributed by atoms with Crippen molar-refractivity contribution in [3.05, 3.63) is 36.4 Å². The minimum absolute atomic E-state index is 0.339. The van der Waals surface area contributed by atoms with Gasteiger partial charge >= 0.3 is 0 Å². The standard InChI is InChI=1S/C19H25N5O2S2/c1-3-24-17-8-7-15(28(25,26)23-10-5-4-6-11-23)13-16(17)21-18(24)14-27-19-20-9-12-22(19)2/h7-9,12-13H,3-6,10-11,14H2,1-2H3. The Morgan fingerprint density at radius 2 is 1.96 bits per heavy atom. The number of hydrogen-bond acceptors (Lipinski definition) is 5. The smallest absolute Gasteiger partial charge is 0.243 e. The molecule has 4 rings (SSSR count). The van der Waals surface area contributed by atoms with E-state index < -0.39 is 10.0 Å². The second-order valence-corrected chi connectivity index (χ2v) is 9.88. The highest BCUT2D eigenvalue weighted by atomic mass is 32.2. The summed E-state index contributed by atoms with van der Waals surface area (Å²) in [6, 6.07) is 5.33. The van der Waals surface area contributed by atoms with Crippen LogP contribution >= 0.6 is 11.8 Å². The van der Waals surface area contributed by atoms with E-state index in [1.807, 2.05) is 23.9 Å². The SMILES string of the molecule is CCn1c(CSc2nccn2C)nc2cc(S(=O)(=O)N3CCCCC3)ccc21. The summed E-state index contributed by atoms with van der Waals surface area (Å²) < 4.78 is 31.7. The molecule has 0 radical (unpaired) electrons. The fraction of sp³-hybridized carbons (Fsp3) is 0.474. The van der Waals surface area contributed by atoms with Crippen molar-refractivity contribution >= 4 is 32.8 Å². The maximum Gasteiger partial charge on any atom is 0.243 e. The first-order chi connectivity index (χ1) is 13.5. The molecule has 150 valence electrons. The van der Waals surface area contributed by atoms with Crippen LogP contribution in [0.2, 0.25) is 0 Å². The second-order valence-electron chi connectivity index (χ2n) is 7.00. The van der Waals surface area contributed by atoms with Crippen LogP contribution in [-0.4, -0.2) is 44.9 Å². The molecule has 0 aliphatic carbocycles. The zero-order valence-electron chi connectivity index (χ0n) is 16.2. The minimum Gasteiger partial charge on any atom is -0.329 e. The van der Waals surface area contributed by atoms with Gasteiger partial charge < -0.3 is 9.13 Å². The largest absolute Gasteiger partial charge is 0.329 e. The van der Waals surface area contributed by atoms with E-state index in [1.54, 1.807) is 34.4 Å².